The van der Waals surface area contributed by atoms with Gasteiger partial charge in [-0.2, -0.15) is 0 Å². The van der Waals surface area contributed by atoms with Crippen LogP contribution in [0, 0.1) is 4.78 Å². The standard InChI is InChI=1S/C3H5NOS6/c4-11(5)3-1-2-6-7-8-9-10-11/h1-2,4H,3H2/b2-1-. The second-order valence-electron chi connectivity index (χ2n) is 1.52. The van der Waals surface area contributed by atoms with Crippen LogP contribution in [-0.4, -0.2) is 9.96 Å². The Bertz CT molecular complexity index is 232. The molecule has 1 aliphatic rings. The predicted molar refractivity (Wildman–Crippen MR) is 62.8 cm³/mol. The van der Waals surface area contributed by atoms with Crippen molar-refractivity contribution >= 4 is 58.9 Å². The number of rotatable bonds is 0. The van der Waals surface area contributed by atoms with Crippen molar-refractivity contribution in [3.8, 4) is 0 Å². The molecule has 0 saturated carbocycles. The molecule has 2 nitrogen and oxygen atoms in total. The normalized spacial score (nSPS) is 36.7. The van der Waals surface area contributed by atoms with Crippen LogP contribution in [0.2, 0.25) is 0 Å². The second-order valence-corrected chi connectivity index (χ2v) is 12.8. The van der Waals surface area contributed by atoms with E-state index in [1.807, 2.05) is 5.41 Å². The Balaban J connectivity index is 2.57. The largest absolute Gasteiger partial charge is 0.243 e. The minimum Gasteiger partial charge on any atom is -0.243 e. The highest BCUT2D eigenvalue weighted by molar-refractivity contribution is 9.41. The Kier molecular flexibility index (Phi) is 5.00. The summed E-state index contributed by atoms with van der Waals surface area (Å²) in [4.78, 5) is 0. The topological polar surface area (TPSA) is 40.9 Å². The minimum absolute atomic E-state index is 0.360. The van der Waals surface area contributed by atoms with Gasteiger partial charge in [0.15, 0.2) is 0 Å². The van der Waals surface area contributed by atoms with E-state index in [0.29, 0.717) is 5.75 Å². The van der Waals surface area contributed by atoms with Gasteiger partial charge in [0, 0.05) is 19.7 Å². The Labute approximate surface area is 84.5 Å². The van der Waals surface area contributed by atoms with Gasteiger partial charge in [0.25, 0.3) is 0 Å². The molecule has 0 amide bonds. The molecule has 11 heavy (non-hydrogen) atoms. The molecule has 0 spiro atoms. The molecule has 0 aliphatic carbocycles. The van der Waals surface area contributed by atoms with Crippen LogP contribution in [0.5, 0.6) is 0 Å². The molecule has 0 aromatic rings. The summed E-state index contributed by atoms with van der Waals surface area (Å²) < 4.78 is 18.6. The summed E-state index contributed by atoms with van der Waals surface area (Å²) in [5.74, 6) is 0.360. The fourth-order valence-electron chi connectivity index (χ4n) is 0.339. The average molecular weight is 263 g/mol. The van der Waals surface area contributed by atoms with Gasteiger partial charge in [0.05, 0.1) is 5.75 Å². The van der Waals surface area contributed by atoms with Gasteiger partial charge >= 0.3 is 0 Å². The van der Waals surface area contributed by atoms with E-state index >= 15 is 0 Å². The zero-order chi connectivity index (χ0) is 8.16. The Morgan fingerprint density at radius 1 is 1.36 bits per heavy atom. The molecule has 0 fully saturated rings. The third-order valence-electron chi connectivity index (χ3n) is 0.700. The van der Waals surface area contributed by atoms with E-state index in [0.717, 1.165) is 9.83 Å². The molecule has 0 saturated heterocycles. The molecule has 0 aromatic heterocycles. The lowest BCUT2D eigenvalue weighted by Crippen LogP contribution is -1.91. The van der Waals surface area contributed by atoms with E-state index in [1.165, 1.54) is 9.83 Å². The average Bonchev–Trinajstić information content (AvgIpc) is 2.00. The number of nitrogens with one attached hydrogen (secondary N) is 1. The molecular weight excluding hydrogens is 258 g/mol. The van der Waals surface area contributed by atoms with E-state index in [1.54, 1.807) is 36.5 Å². The molecule has 1 atom stereocenters. The molecular formula is C3H5NOS6. The van der Waals surface area contributed by atoms with Crippen molar-refractivity contribution in [3.63, 3.8) is 0 Å². The van der Waals surface area contributed by atoms with Crippen LogP contribution in [0.25, 0.3) is 0 Å². The first-order valence-electron chi connectivity index (χ1n) is 2.47. The summed E-state index contributed by atoms with van der Waals surface area (Å²) >= 11 is 0. The van der Waals surface area contributed by atoms with Crippen molar-refractivity contribution in [1.29, 1.82) is 4.78 Å². The van der Waals surface area contributed by atoms with Gasteiger partial charge in [-0.3, -0.25) is 0 Å². The summed E-state index contributed by atoms with van der Waals surface area (Å²) in [6.07, 6.45) is 1.80. The van der Waals surface area contributed by atoms with Crippen LogP contribution >= 0.6 is 50.1 Å². The molecule has 1 heterocycles. The highest BCUT2D eigenvalue weighted by atomic mass is 33.9. The predicted octanol–water partition coefficient (Wildman–Crippen LogP) is 3.80. The van der Waals surface area contributed by atoms with Gasteiger partial charge in [-0.1, -0.05) is 16.9 Å². The third kappa shape index (κ3) is 4.89. The van der Waals surface area contributed by atoms with Crippen LogP contribution in [-0.2, 0) is 8.76 Å². The summed E-state index contributed by atoms with van der Waals surface area (Å²) in [5.41, 5.74) is 0. The molecule has 0 bridgehead atoms. The Morgan fingerprint density at radius 3 is 3.00 bits per heavy atom. The minimum atomic E-state index is -2.42. The molecule has 1 unspecified atom stereocenters. The van der Waals surface area contributed by atoms with Crippen molar-refractivity contribution < 1.29 is 4.21 Å². The molecule has 0 aromatic carbocycles. The maximum Gasteiger partial charge on any atom is 0.111 e. The smallest absolute Gasteiger partial charge is 0.111 e. The van der Waals surface area contributed by atoms with E-state index < -0.39 is 8.76 Å². The quantitative estimate of drug-likeness (QED) is 0.670. The van der Waals surface area contributed by atoms with Gasteiger partial charge in [-0.25, -0.2) is 8.99 Å². The summed E-state index contributed by atoms with van der Waals surface area (Å²) in [6.45, 7) is 0. The van der Waals surface area contributed by atoms with Crippen LogP contribution in [0.4, 0.5) is 0 Å². The molecule has 1 rings (SSSR count). The van der Waals surface area contributed by atoms with Crippen molar-refractivity contribution in [2.75, 3.05) is 5.75 Å². The monoisotopic (exact) mass is 263 g/mol. The molecule has 0 radical (unpaired) electrons. The van der Waals surface area contributed by atoms with Gasteiger partial charge < -0.3 is 0 Å². The van der Waals surface area contributed by atoms with Crippen LogP contribution in [0.1, 0.15) is 0 Å². The molecule has 8 heteroatoms. The van der Waals surface area contributed by atoms with Crippen LogP contribution in [0.15, 0.2) is 11.5 Å². The Hall–Kier alpha value is 1.44. The van der Waals surface area contributed by atoms with Gasteiger partial charge in [0.1, 0.15) is 8.76 Å². The van der Waals surface area contributed by atoms with Crippen molar-refractivity contribution in [2.24, 2.45) is 0 Å². The second kappa shape index (κ2) is 5.23. The lowest BCUT2D eigenvalue weighted by molar-refractivity contribution is 0.686. The SMILES string of the molecule is N=S1(=O)C/C=C\SSSSS1. The maximum absolute atomic E-state index is 11.3. The summed E-state index contributed by atoms with van der Waals surface area (Å²) in [7, 11) is 4.93. The fraction of sp³-hybridized carbons (Fsp3) is 0.333. The van der Waals surface area contributed by atoms with Crippen LogP contribution in [0.3, 0.4) is 0 Å². The first kappa shape index (κ1) is 10.5. The first-order valence-corrected chi connectivity index (χ1v) is 10.9. The molecule has 1 N–H and O–H groups in total. The Morgan fingerprint density at radius 2 is 2.18 bits per heavy atom. The maximum atomic E-state index is 11.3. The lowest BCUT2D eigenvalue weighted by Gasteiger charge is -1.98. The van der Waals surface area contributed by atoms with E-state index in [4.69, 9.17) is 4.78 Å². The highest BCUT2D eigenvalue weighted by Crippen LogP contribution is 2.51. The van der Waals surface area contributed by atoms with Crippen molar-refractivity contribution in [2.45, 2.75) is 0 Å². The zero-order valence-electron chi connectivity index (χ0n) is 5.22. The number of hydrogen-bond acceptors (Lipinski definition) is 7. The zero-order valence-corrected chi connectivity index (χ0v) is 10.1. The number of hydrogen-bond donors (Lipinski definition) is 1. The van der Waals surface area contributed by atoms with Crippen molar-refractivity contribution in [1.82, 2.24) is 0 Å². The van der Waals surface area contributed by atoms with E-state index in [-0.39, 0.29) is 0 Å². The highest BCUT2D eigenvalue weighted by Gasteiger charge is 2.07. The van der Waals surface area contributed by atoms with Crippen LogP contribution < -0.4 is 0 Å². The van der Waals surface area contributed by atoms with E-state index in [9.17, 15) is 4.21 Å². The molecule has 64 valence electrons. The van der Waals surface area contributed by atoms with Crippen molar-refractivity contribution in [3.05, 3.63) is 11.5 Å². The summed E-state index contributed by atoms with van der Waals surface area (Å²) in [5, 5.41) is 1.89. The van der Waals surface area contributed by atoms with Gasteiger partial charge in [-0.05, 0) is 25.1 Å². The first-order chi connectivity index (χ1) is 5.21. The van der Waals surface area contributed by atoms with Gasteiger partial charge in [0.2, 0.25) is 0 Å². The molecule has 1 aliphatic heterocycles. The third-order valence-corrected chi connectivity index (χ3v) is 12.9. The van der Waals surface area contributed by atoms with Gasteiger partial charge in [-0.15, -0.1) is 0 Å². The van der Waals surface area contributed by atoms with E-state index in [2.05, 4.69) is 0 Å². The lowest BCUT2D eigenvalue weighted by atomic mass is 10.8. The summed E-state index contributed by atoms with van der Waals surface area (Å²) in [6, 6.07) is 0. The fourth-order valence-corrected chi connectivity index (χ4v) is 13.1.